The molecule has 0 saturated heterocycles. The third kappa shape index (κ3) is 3.95. The average molecular weight is 474 g/mol. The van der Waals surface area contributed by atoms with E-state index in [2.05, 4.69) is 0 Å². The Bertz CT molecular complexity index is 1300. The van der Waals surface area contributed by atoms with Crippen molar-refractivity contribution in [3.05, 3.63) is 100 Å². The van der Waals surface area contributed by atoms with Crippen molar-refractivity contribution in [3.63, 3.8) is 0 Å². The van der Waals surface area contributed by atoms with Crippen molar-refractivity contribution < 1.29 is 48.8 Å². The minimum atomic E-state index is -2.32. The lowest BCUT2D eigenvalue weighted by Gasteiger charge is -2.21. The van der Waals surface area contributed by atoms with Crippen LogP contribution >= 0.6 is 0 Å². The molecule has 0 N–H and O–H groups in total. The second kappa shape index (κ2) is 8.51. The first-order valence-electron chi connectivity index (χ1n) is 9.04. The Morgan fingerprint density at radius 2 is 1.30 bits per heavy atom. The van der Waals surface area contributed by atoms with Crippen LogP contribution < -0.4 is 10.1 Å². The summed E-state index contributed by atoms with van der Waals surface area (Å²) >= 11 is 0. The third-order valence-corrected chi connectivity index (χ3v) is 4.77. The quantitative estimate of drug-likeness (QED) is 0.264. The highest BCUT2D eigenvalue weighted by molar-refractivity contribution is 6.62. The summed E-state index contributed by atoms with van der Waals surface area (Å²) in [5, 5.41) is 0. The van der Waals surface area contributed by atoms with Gasteiger partial charge in [0.05, 0.1) is 5.56 Å². The van der Waals surface area contributed by atoms with E-state index in [0.29, 0.717) is 36.4 Å². The van der Waals surface area contributed by atoms with E-state index >= 15 is 0 Å². The van der Waals surface area contributed by atoms with E-state index in [1.54, 1.807) is 0 Å². The molecule has 33 heavy (non-hydrogen) atoms. The summed E-state index contributed by atoms with van der Waals surface area (Å²) in [4.78, 5) is 0. The molecule has 0 amide bonds. The van der Waals surface area contributed by atoms with Crippen molar-refractivity contribution in [2.24, 2.45) is 0 Å². The molecule has 12 heteroatoms. The van der Waals surface area contributed by atoms with Gasteiger partial charge in [-0.05, 0) is 29.8 Å². The van der Waals surface area contributed by atoms with Gasteiger partial charge in [0.1, 0.15) is 17.7 Å². The largest absolute Gasteiger partial charge is 0.566 e. The van der Waals surface area contributed by atoms with Crippen molar-refractivity contribution in [2.45, 2.75) is 6.10 Å². The lowest BCUT2D eigenvalue weighted by atomic mass is 9.77. The molecule has 170 valence electrons. The topological polar surface area (TPSA) is 18.5 Å². The van der Waals surface area contributed by atoms with Gasteiger partial charge in [-0.1, -0.05) is 12.1 Å². The number of hydrogen-bond acceptors (Lipinski definition) is 2. The molecule has 0 bridgehead atoms. The minimum Gasteiger partial charge on any atom is -0.530 e. The fourth-order valence-electron chi connectivity index (χ4n) is 3.21. The zero-order valence-corrected chi connectivity index (χ0v) is 15.9. The molecule has 1 aliphatic carbocycles. The van der Waals surface area contributed by atoms with Gasteiger partial charge in [0.15, 0.2) is 46.6 Å². The van der Waals surface area contributed by atoms with Crippen molar-refractivity contribution >= 4 is 18.4 Å². The molecule has 3 aromatic rings. The summed E-state index contributed by atoms with van der Waals surface area (Å²) in [5.74, 6) is -15.5. The van der Waals surface area contributed by atoms with Gasteiger partial charge in [-0.25, -0.2) is 39.5 Å². The first kappa shape index (κ1) is 22.8. The van der Waals surface area contributed by atoms with E-state index < -0.39 is 87.9 Å². The highest BCUT2D eigenvalue weighted by Gasteiger charge is 2.42. The highest BCUT2D eigenvalue weighted by atomic mass is 19.2. The van der Waals surface area contributed by atoms with Crippen LogP contribution in [0.15, 0.2) is 48.3 Å². The van der Waals surface area contributed by atoms with Crippen LogP contribution in [-0.2, 0) is 4.65 Å². The summed E-state index contributed by atoms with van der Waals surface area (Å²) in [7, 11) is -2.32. The Morgan fingerprint density at radius 1 is 0.667 bits per heavy atom. The molecule has 0 heterocycles. The number of rotatable bonds is 5. The van der Waals surface area contributed by atoms with Gasteiger partial charge in [-0.3, -0.25) is 0 Å². The van der Waals surface area contributed by atoms with Gasteiger partial charge in [0.25, 0.3) is 0 Å². The van der Waals surface area contributed by atoms with E-state index in [4.69, 9.17) is 9.31 Å². The summed E-state index contributed by atoms with van der Waals surface area (Å²) in [6.45, 7) is 0. The molecule has 0 saturated carbocycles. The third-order valence-electron chi connectivity index (χ3n) is 4.77. The van der Waals surface area contributed by atoms with Gasteiger partial charge in [-0.2, -0.15) is 0 Å². The number of halogens is 9. The van der Waals surface area contributed by atoms with Crippen LogP contribution in [0.25, 0.3) is 5.83 Å². The van der Waals surface area contributed by atoms with Crippen LogP contribution in [0.1, 0.15) is 17.2 Å². The predicted octanol–water partition coefficient (Wildman–Crippen LogP) is 5.81. The standard InChI is InChI=1S/C21H8BF9O2/c23-8-1-4-11(24)14(7-8)32-22(10-3-6-13(26)18(29)16(10)27)33-21-9-2-5-12(25)17(28)15(9)19(30)20(21)31/h1-7,21H. The van der Waals surface area contributed by atoms with Gasteiger partial charge in [-0.15, -0.1) is 0 Å². The maximum Gasteiger partial charge on any atom is 0.566 e. The summed E-state index contributed by atoms with van der Waals surface area (Å²) in [6, 6.07) is 4.18. The summed E-state index contributed by atoms with van der Waals surface area (Å²) in [5.41, 5.74) is -2.64. The van der Waals surface area contributed by atoms with Crippen LogP contribution in [0.4, 0.5) is 39.5 Å². The van der Waals surface area contributed by atoms with Gasteiger partial charge in [0.2, 0.25) is 0 Å². The second-order valence-corrected chi connectivity index (χ2v) is 6.79. The Hall–Kier alpha value is -3.41. The molecule has 4 rings (SSSR count). The molecule has 2 nitrogen and oxygen atoms in total. The number of benzene rings is 3. The number of hydrogen-bond donors (Lipinski definition) is 0. The molecule has 0 radical (unpaired) electrons. The lowest BCUT2D eigenvalue weighted by molar-refractivity contribution is 0.187. The zero-order chi connectivity index (χ0) is 24.0. The van der Waals surface area contributed by atoms with Gasteiger partial charge >= 0.3 is 7.12 Å². The molecule has 0 spiro atoms. The van der Waals surface area contributed by atoms with E-state index in [0.717, 1.165) is 6.07 Å². The maximum atomic E-state index is 14.6. The van der Waals surface area contributed by atoms with Crippen LogP contribution in [0.3, 0.4) is 0 Å². The van der Waals surface area contributed by atoms with Gasteiger partial charge in [0, 0.05) is 11.5 Å². The fourth-order valence-corrected chi connectivity index (χ4v) is 3.21. The molecule has 1 unspecified atom stereocenters. The first-order valence-corrected chi connectivity index (χ1v) is 9.04. The zero-order valence-electron chi connectivity index (χ0n) is 15.9. The average Bonchev–Trinajstić information content (AvgIpc) is 3.02. The molecule has 1 atom stereocenters. The van der Waals surface area contributed by atoms with Crippen LogP contribution in [0.5, 0.6) is 5.75 Å². The normalized spacial score (nSPS) is 15.1. The van der Waals surface area contributed by atoms with Crippen molar-refractivity contribution in [3.8, 4) is 5.75 Å². The highest BCUT2D eigenvalue weighted by Crippen LogP contribution is 2.46. The maximum absolute atomic E-state index is 14.6. The van der Waals surface area contributed by atoms with Crippen LogP contribution in [0.2, 0.25) is 0 Å². The molecule has 3 aromatic carbocycles. The molecule has 1 aliphatic rings. The Balaban J connectivity index is 1.81. The van der Waals surface area contributed by atoms with E-state index in [1.165, 1.54) is 0 Å². The molecule has 0 aliphatic heterocycles. The molecule has 0 fully saturated rings. The first-order chi connectivity index (χ1) is 15.6. The molecular weight excluding hydrogens is 466 g/mol. The van der Waals surface area contributed by atoms with Crippen molar-refractivity contribution in [2.75, 3.05) is 0 Å². The smallest absolute Gasteiger partial charge is 0.530 e. The molecule has 0 aromatic heterocycles. The van der Waals surface area contributed by atoms with Crippen LogP contribution in [-0.4, -0.2) is 7.12 Å². The number of fused-ring (bicyclic) bond motifs is 1. The Labute approximate surface area is 180 Å². The lowest BCUT2D eigenvalue weighted by Crippen LogP contribution is -2.43. The van der Waals surface area contributed by atoms with E-state index in [9.17, 15) is 39.5 Å². The van der Waals surface area contributed by atoms with Crippen molar-refractivity contribution in [1.82, 2.24) is 0 Å². The summed E-state index contributed by atoms with van der Waals surface area (Å²) < 4.78 is 136. The minimum absolute atomic E-state index is 0.444. The SMILES string of the molecule is FC1=C(F)C(OB(Oc2cc(F)ccc2F)c2ccc(F)c(F)c2F)c2ccc(F)c(F)c21. The second-order valence-electron chi connectivity index (χ2n) is 6.79. The van der Waals surface area contributed by atoms with Crippen molar-refractivity contribution in [1.29, 1.82) is 0 Å². The molecular formula is C21H8BF9O2. The Kier molecular flexibility index (Phi) is 5.87. The Morgan fingerprint density at radius 3 is 2.03 bits per heavy atom. The van der Waals surface area contributed by atoms with Crippen LogP contribution in [0, 0.1) is 40.7 Å². The van der Waals surface area contributed by atoms with E-state index in [1.807, 2.05) is 0 Å². The van der Waals surface area contributed by atoms with E-state index in [-0.39, 0.29) is 0 Å². The fraction of sp³-hybridized carbons (Fsp3) is 0.0476. The predicted molar refractivity (Wildman–Crippen MR) is 98.0 cm³/mol. The van der Waals surface area contributed by atoms with Gasteiger partial charge < -0.3 is 9.31 Å². The monoisotopic (exact) mass is 474 g/mol. The summed E-state index contributed by atoms with van der Waals surface area (Å²) in [6.07, 6.45) is -2.18.